The van der Waals surface area contributed by atoms with E-state index in [0.717, 1.165) is 31.5 Å². The summed E-state index contributed by atoms with van der Waals surface area (Å²) >= 11 is 0. The van der Waals surface area contributed by atoms with Gasteiger partial charge in [-0.2, -0.15) is 5.10 Å². The molecule has 0 saturated carbocycles. The molecule has 0 spiro atoms. The standard InChI is InChI=1S/C18H22N4O2/c23-17(14-22-12-6-9-19-22)20-16(13-15-7-2-1-3-8-15)18(24)21-10-4-5-11-21/h1-3,6-9,12,16H,4-5,10-11,13-14H2,(H,20,23). The van der Waals surface area contributed by atoms with Gasteiger partial charge in [0.05, 0.1) is 0 Å². The molecule has 0 aliphatic carbocycles. The molecule has 2 heterocycles. The van der Waals surface area contributed by atoms with Crippen molar-refractivity contribution < 1.29 is 9.59 Å². The fourth-order valence-electron chi connectivity index (χ4n) is 2.99. The molecule has 0 bridgehead atoms. The Balaban J connectivity index is 1.68. The molecule has 2 amide bonds. The Morgan fingerprint density at radius 1 is 1.12 bits per heavy atom. The first kappa shape index (κ1) is 16.2. The van der Waals surface area contributed by atoms with Crippen LogP contribution in [-0.4, -0.2) is 45.6 Å². The van der Waals surface area contributed by atoms with Gasteiger partial charge in [0, 0.05) is 31.9 Å². The summed E-state index contributed by atoms with van der Waals surface area (Å²) in [4.78, 5) is 26.9. The first-order chi connectivity index (χ1) is 11.7. The largest absolute Gasteiger partial charge is 0.342 e. The summed E-state index contributed by atoms with van der Waals surface area (Å²) in [5, 5.41) is 6.92. The molecule has 24 heavy (non-hydrogen) atoms. The third-order valence-electron chi connectivity index (χ3n) is 4.20. The normalized spacial score (nSPS) is 15.2. The highest BCUT2D eigenvalue weighted by atomic mass is 16.2. The second kappa shape index (κ2) is 7.77. The number of aromatic nitrogens is 2. The van der Waals surface area contributed by atoms with E-state index in [1.165, 1.54) is 0 Å². The highest BCUT2D eigenvalue weighted by molar-refractivity contribution is 5.88. The first-order valence-corrected chi connectivity index (χ1v) is 8.32. The lowest BCUT2D eigenvalue weighted by Crippen LogP contribution is -2.49. The molecule has 1 aromatic heterocycles. The summed E-state index contributed by atoms with van der Waals surface area (Å²) in [5.74, 6) is -0.197. The first-order valence-electron chi connectivity index (χ1n) is 8.32. The van der Waals surface area contributed by atoms with Gasteiger partial charge in [0.25, 0.3) is 0 Å². The third-order valence-corrected chi connectivity index (χ3v) is 4.20. The van der Waals surface area contributed by atoms with Crippen LogP contribution in [0, 0.1) is 0 Å². The molecule has 1 fully saturated rings. The van der Waals surface area contributed by atoms with Crippen molar-refractivity contribution >= 4 is 11.8 Å². The predicted octanol–water partition coefficient (Wildman–Crippen LogP) is 1.23. The van der Waals surface area contributed by atoms with Gasteiger partial charge in [0.15, 0.2) is 0 Å². The van der Waals surface area contributed by atoms with Crippen molar-refractivity contribution in [1.29, 1.82) is 0 Å². The van der Waals surface area contributed by atoms with Crippen LogP contribution in [-0.2, 0) is 22.6 Å². The van der Waals surface area contributed by atoms with Gasteiger partial charge in [-0.25, -0.2) is 0 Å². The summed E-state index contributed by atoms with van der Waals surface area (Å²) in [7, 11) is 0. The van der Waals surface area contributed by atoms with Crippen LogP contribution in [0.4, 0.5) is 0 Å². The van der Waals surface area contributed by atoms with E-state index < -0.39 is 6.04 Å². The molecule has 1 aliphatic rings. The van der Waals surface area contributed by atoms with Gasteiger partial charge in [-0.05, 0) is 24.5 Å². The van der Waals surface area contributed by atoms with Crippen molar-refractivity contribution in [3.63, 3.8) is 0 Å². The van der Waals surface area contributed by atoms with Gasteiger partial charge in [-0.15, -0.1) is 0 Å². The smallest absolute Gasteiger partial charge is 0.245 e. The highest BCUT2D eigenvalue weighted by Crippen LogP contribution is 2.12. The monoisotopic (exact) mass is 326 g/mol. The van der Waals surface area contributed by atoms with E-state index >= 15 is 0 Å². The topological polar surface area (TPSA) is 67.2 Å². The van der Waals surface area contributed by atoms with E-state index in [9.17, 15) is 9.59 Å². The van der Waals surface area contributed by atoms with E-state index in [1.807, 2.05) is 35.2 Å². The van der Waals surface area contributed by atoms with Gasteiger partial charge in [0.2, 0.25) is 11.8 Å². The van der Waals surface area contributed by atoms with Crippen LogP contribution < -0.4 is 5.32 Å². The predicted molar refractivity (Wildman–Crippen MR) is 90.1 cm³/mol. The Labute approximate surface area is 141 Å². The number of likely N-dealkylation sites (tertiary alicyclic amines) is 1. The van der Waals surface area contributed by atoms with Crippen LogP contribution in [0.15, 0.2) is 48.8 Å². The minimum absolute atomic E-state index is 0.00479. The maximum Gasteiger partial charge on any atom is 0.245 e. The Morgan fingerprint density at radius 3 is 2.54 bits per heavy atom. The molecule has 6 heteroatoms. The van der Waals surface area contributed by atoms with Crippen LogP contribution in [0.5, 0.6) is 0 Å². The summed E-state index contributed by atoms with van der Waals surface area (Å²) in [5.41, 5.74) is 1.04. The molecule has 1 atom stereocenters. The number of rotatable bonds is 6. The number of hydrogen-bond acceptors (Lipinski definition) is 3. The molecule has 126 valence electrons. The number of nitrogens with one attached hydrogen (secondary N) is 1. The SMILES string of the molecule is O=C(Cn1cccn1)NC(Cc1ccccc1)C(=O)N1CCCC1. The number of carbonyl (C=O) groups is 2. The quantitative estimate of drug-likeness (QED) is 0.868. The minimum Gasteiger partial charge on any atom is -0.342 e. The summed E-state index contributed by atoms with van der Waals surface area (Å²) in [6.07, 6.45) is 5.93. The van der Waals surface area contributed by atoms with Crippen molar-refractivity contribution in [1.82, 2.24) is 20.0 Å². The molecule has 3 rings (SSSR count). The Morgan fingerprint density at radius 2 is 1.88 bits per heavy atom. The average molecular weight is 326 g/mol. The summed E-state index contributed by atoms with van der Waals surface area (Å²) < 4.78 is 1.55. The van der Waals surface area contributed by atoms with Crippen molar-refractivity contribution in [3.05, 3.63) is 54.4 Å². The van der Waals surface area contributed by atoms with Crippen molar-refractivity contribution in [2.45, 2.75) is 31.8 Å². The Kier molecular flexibility index (Phi) is 5.25. The van der Waals surface area contributed by atoms with Crippen molar-refractivity contribution in [2.24, 2.45) is 0 Å². The van der Waals surface area contributed by atoms with Gasteiger partial charge < -0.3 is 10.2 Å². The van der Waals surface area contributed by atoms with E-state index in [1.54, 1.807) is 23.1 Å². The molecule has 1 unspecified atom stereocenters. The van der Waals surface area contributed by atoms with Crippen LogP contribution in [0.3, 0.4) is 0 Å². The van der Waals surface area contributed by atoms with Crippen LogP contribution in [0.2, 0.25) is 0 Å². The number of hydrogen-bond donors (Lipinski definition) is 1. The molecule has 0 radical (unpaired) electrons. The Hall–Kier alpha value is -2.63. The minimum atomic E-state index is -0.534. The lowest BCUT2D eigenvalue weighted by atomic mass is 10.0. The second-order valence-electron chi connectivity index (χ2n) is 6.05. The van der Waals surface area contributed by atoms with E-state index in [-0.39, 0.29) is 18.4 Å². The van der Waals surface area contributed by atoms with Crippen LogP contribution in [0.1, 0.15) is 18.4 Å². The van der Waals surface area contributed by atoms with Crippen molar-refractivity contribution in [3.8, 4) is 0 Å². The fraction of sp³-hybridized carbons (Fsp3) is 0.389. The maximum absolute atomic E-state index is 12.8. The molecular formula is C18H22N4O2. The van der Waals surface area contributed by atoms with Gasteiger partial charge >= 0.3 is 0 Å². The van der Waals surface area contributed by atoms with E-state index in [2.05, 4.69) is 10.4 Å². The third kappa shape index (κ3) is 4.22. The molecule has 1 aliphatic heterocycles. The number of benzene rings is 1. The van der Waals surface area contributed by atoms with Crippen LogP contribution >= 0.6 is 0 Å². The number of nitrogens with zero attached hydrogens (tertiary/aromatic N) is 3. The van der Waals surface area contributed by atoms with Gasteiger partial charge in [-0.3, -0.25) is 14.3 Å². The Bertz CT molecular complexity index is 664. The average Bonchev–Trinajstić information content (AvgIpc) is 3.28. The van der Waals surface area contributed by atoms with Crippen molar-refractivity contribution in [2.75, 3.05) is 13.1 Å². The van der Waals surface area contributed by atoms with E-state index in [0.29, 0.717) is 6.42 Å². The molecule has 2 aromatic rings. The lowest BCUT2D eigenvalue weighted by molar-refractivity contribution is -0.135. The molecule has 6 nitrogen and oxygen atoms in total. The molecular weight excluding hydrogens is 304 g/mol. The zero-order valence-corrected chi connectivity index (χ0v) is 13.6. The number of carbonyl (C=O) groups excluding carboxylic acids is 2. The lowest BCUT2D eigenvalue weighted by Gasteiger charge is -2.24. The second-order valence-corrected chi connectivity index (χ2v) is 6.05. The van der Waals surface area contributed by atoms with E-state index in [4.69, 9.17) is 0 Å². The zero-order chi connectivity index (χ0) is 16.8. The van der Waals surface area contributed by atoms with Crippen LogP contribution in [0.25, 0.3) is 0 Å². The zero-order valence-electron chi connectivity index (χ0n) is 13.6. The molecule has 1 saturated heterocycles. The number of amides is 2. The highest BCUT2D eigenvalue weighted by Gasteiger charge is 2.28. The maximum atomic E-state index is 12.8. The van der Waals surface area contributed by atoms with Gasteiger partial charge in [0.1, 0.15) is 12.6 Å². The fourth-order valence-corrected chi connectivity index (χ4v) is 2.99. The summed E-state index contributed by atoms with van der Waals surface area (Å²) in [6.45, 7) is 1.67. The molecule has 1 aromatic carbocycles. The van der Waals surface area contributed by atoms with Gasteiger partial charge in [-0.1, -0.05) is 30.3 Å². The molecule has 1 N–H and O–H groups in total. The summed E-state index contributed by atoms with van der Waals surface area (Å²) in [6, 6.07) is 11.0.